The van der Waals surface area contributed by atoms with Crippen LogP contribution in [0.5, 0.6) is 17.2 Å². The number of carboxylic acids is 1. The highest BCUT2D eigenvalue weighted by Gasteiger charge is 2.26. The molecule has 3 aromatic rings. The number of aryl methyl sites for hydroxylation is 1. The Hall–Kier alpha value is -3.85. The van der Waals surface area contributed by atoms with Crippen LogP contribution in [0.4, 0.5) is 5.69 Å². The normalized spacial score (nSPS) is 12.8. The number of ether oxygens (including phenoxy) is 1. The van der Waals surface area contributed by atoms with Gasteiger partial charge < -0.3 is 20.3 Å². The Balaban J connectivity index is 1.72. The number of hydrogen-bond donors (Lipinski definition) is 3. The average molecular weight is 467 g/mol. The van der Waals surface area contributed by atoms with Gasteiger partial charge in [0.2, 0.25) is 9.84 Å². The van der Waals surface area contributed by atoms with Crippen molar-refractivity contribution in [3.8, 4) is 17.2 Å². The van der Waals surface area contributed by atoms with Crippen LogP contribution in [0.3, 0.4) is 0 Å². The molecule has 1 aliphatic carbocycles. The fourth-order valence-electron chi connectivity index (χ4n) is 3.95. The summed E-state index contributed by atoms with van der Waals surface area (Å²) in [5, 5.41) is 21.6. The molecule has 0 aromatic heterocycles. The lowest BCUT2D eigenvalue weighted by Gasteiger charge is -2.18. The molecule has 4 rings (SSSR count). The van der Waals surface area contributed by atoms with Gasteiger partial charge in [-0.25, -0.2) is 13.2 Å². The molecule has 0 aliphatic heterocycles. The number of sulfone groups is 1. The van der Waals surface area contributed by atoms with E-state index < -0.39 is 21.7 Å². The molecule has 3 N–H and O–H groups in total. The molecule has 0 saturated carbocycles. The van der Waals surface area contributed by atoms with Crippen LogP contribution in [0.15, 0.2) is 64.4 Å². The lowest BCUT2D eigenvalue weighted by atomic mass is 10.0. The van der Waals surface area contributed by atoms with Crippen molar-refractivity contribution < 1.29 is 33.0 Å². The first kappa shape index (κ1) is 22.3. The Morgan fingerprint density at radius 1 is 1.00 bits per heavy atom. The third-order valence-electron chi connectivity index (χ3n) is 5.47. The summed E-state index contributed by atoms with van der Waals surface area (Å²) < 4.78 is 32.1. The van der Waals surface area contributed by atoms with Gasteiger partial charge in [-0.3, -0.25) is 4.79 Å². The summed E-state index contributed by atoms with van der Waals surface area (Å²) in [6.07, 6.45) is 2.11. The van der Waals surface area contributed by atoms with Crippen molar-refractivity contribution in [1.82, 2.24) is 0 Å². The molecule has 0 radical (unpaired) electrons. The van der Waals surface area contributed by atoms with Gasteiger partial charge in [-0.05, 0) is 67.6 Å². The molecule has 170 valence electrons. The number of hydrogen-bond acceptors (Lipinski definition) is 6. The highest BCUT2D eigenvalue weighted by atomic mass is 32.2. The van der Waals surface area contributed by atoms with Crippen molar-refractivity contribution in [3.63, 3.8) is 0 Å². The molecule has 0 unspecified atom stereocenters. The molecule has 9 heteroatoms. The molecule has 3 aromatic carbocycles. The topological polar surface area (TPSA) is 130 Å². The summed E-state index contributed by atoms with van der Waals surface area (Å²) in [4.78, 5) is 22.4. The van der Waals surface area contributed by atoms with Crippen molar-refractivity contribution in [2.45, 2.75) is 36.0 Å². The summed E-state index contributed by atoms with van der Waals surface area (Å²) >= 11 is 0. The van der Waals surface area contributed by atoms with Gasteiger partial charge in [0.1, 0.15) is 22.1 Å². The Bertz CT molecular complexity index is 1370. The van der Waals surface area contributed by atoms with E-state index in [0.717, 1.165) is 17.5 Å². The number of carbonyl (C=O) groups excluding carboxylic acids is 1. The number of rotatable bonds is 5. The van der Waals surface area contributed by atoms with Gasteiger partial charge in [-0.15, -0.1) is 0 Å². The SMILES string of the molecule is Cc1cc(NC(=O)C(=O)O)c2c(c1Oc1ccc(O)c(S(=O)(=O)c3ccccc3)c1)CCC2. The summed E-state index contributed by atoms with van der Waals surface area (Å²) in [5.41, 5.74) is 2.70. The molecular formula is C24H21NO7S. The third-order valence-corrected chi connectivity index (χ3v) is 7.27. The third kappa shape index (κ3) is 4.27. The standard InChI is InChI=1S/C24H21NO7S/c1-14-12-19(25-23(27)24(28)29)17-8-5-9-18(17)22(14)32-15-10-11-20(26)21(13-15)33(30,31)16-6-3-2-4-7-16/h2-4,6-7,10-13,26H,5,8-9H2,1H3,(H,25,27)(H,28,29). The predicted octanol–water partition coefficient (Wildman–Crippen LogP) is 3.84. The van der Waals surface area contributed by atoms with Crippen LogP contribution in [0, 0.1) is 6.92 Å². The average Bonchev–Trinajstić information content (AvgIpc) is 3.28. The van der Waals surface area contributed by atoms with Crippen molar-refractivity contribution in [1.29, 1.82) is 0 Å². The van der Waals surface area contributed by atoms with E-state index in [1.807, 2.05) is 0 Å². The van der Waals surface area contributed by atoms with Crippen LogP contribution in [-0.4, -0.2) is 30.5 Å². The maximum Gasteiger partial charge on any atom is 0.394 e. The van der Waals surface area contributed by atoms with E-state index in [4.69, 9.17) is 9.84 Å². The van der Waals surface area contributed by atoms with Crippen LogP contribution in [0.25, 0.3) is 0 Å². The lowest BCUT2D eigenvalue weighted by molar-refractivity contribution is -0.147. The van der Waals surface area contributed by atoms with Crippen LogP contribution < -0.4 is 10.1 Å². The fourth-order valence-corrected chi connectivity index (χ4v) is 5.33. The van der Waals surface area contributed by atoms with Gasteiger partial charge in [0.25, 0.3) is 0 Å². The second kappa shape index (κ2) is 8.59. The molecule has 1 amide bonds. The summed E-state index contributed by atoms with van der Waals surface area (Å²) in [7, 11) is -3.97. The summed E-state index contributed by atoms with van der Waals surface area (Å²) in [5.74, 6) is -2.34. The highest BCUT2D eigenvalue weighted by Crippen LogP contribution is 2.42. The lowest BCUT2D eigenvalue weighted by Crippen LogP contribution is -2.22. The Morgan fingerprint density at radius 2 is 1.70 bits per heavy atom. The van der Waals surface area contributed by atoms with E-state index in [0.29, 0.717) is 29.8 Å². The Kier molecular flexibility index (Phi) is 5.82. The van der Waals surface area contributed by atoms with E-state index in [9.17, 15) is 23.1 Å². The van der Waals surface area contributed by atoms with Crippen molar-refractivity contribution >= 4 is 27.4 Å². The van der Waals surface area contributed by atoms with Gasteiger partial charge in [0.05, 0.1) is 4.90 Å². The smallest absolute Gasteiger partial charge is 0.394 e. The van der Waals surface area contributed by atoms with Crippen molar-refractivity contribution in [3.05, 3.63) is 71.3 Å². The van der Waals surface area contributed by atoms with Crippen LogP contribution in [0.1, 0.15) is 23.1 Å². The molecule has 1 aliphatic rings. The second-order valence-electron chi connectivity index (χ2n) is 7.69. The van der Waals surface area contributed by atoms with E-state index in [1.54, 1.807) is 31.2 Å². The van der Waals surface area contributed by atoms with Crippen LogP contribution in [0.2, 0.25) is 0 Å². The number of fused-ring (bicyclic) bond motifs is 1. The number of amides is 1. The molecule has 0 spiro atoms. The van der Waals surface area contributed by atoms with Crippen molar-refractivity contribution in [2.24, 2.45) is 0 Å². The number of anilines is 1. The molecule has 0 saturated heterocycles. The van der Waals surface area contributed by atoms with Crippen LogP contribution in [-0.2, 0) is 32.3 Å². The van der Waals surface area contributed by atoms with E-state index >= 15 is 0 Å². The monoisotopic (exact) mass is 467 g/mol. The number of aliphatic carboxylic acids is 1. The van der Waals surface area contributed by atoms with Crippen LogP contribution >= 0.6 is 0 Å². The Labute approximate surface area is 190 Å². The molecule has 0 fully saturated rings. The molecule has 0 atom stereocenters. The molecule has 0 heterocycles. The number of phenols is 1. The molecule has 0 bridgehead atoms. The minimum Gasteiger partial charge on any atom is -0.507 e. The van der Waals surface area contributed by atoms with Gasteiger partial charge in [0.15, 0.2) is 0 Å². The first-order chi connectivity index (χ1) is 15.7. The first-order valence-electron chi connectivity index (χ1n) is 10.2. The summed E-state index contributed by atoms with van der Waals surface area (Å²) in [6, 6.07) is 13.4. The zero-order valence-corrected chi connectivity index (χ0v) is 18.5. The fraction of sp³-hybridized carbons (Fsp3) is 0.167. The quantitative estimate of drug-likeness (QED) is 0.486. The van der Waals surface area contributed by atoms with E-state index in [-0.39, 0.29) is 21.3 Å². The second-order valence-corrected chi connectivity index (χ2v) is 9.61. The van der Waals surface area contributed by atoms with Gasteiger partial charge in [-0.1, -0.05) is 18.2 Å². The highest BCUT2D eigenvalue weighted by molar-refractivity contribution is 7.91. The zero-order valence-electron chi connectivity index (χ0n) is 17.7. The number of phenolic OH excluding ortho intramolecular Hbond substituents is 1. The number of nitrogens with one attached hydrogen (secondary N) is 1. The molecule has 33 heavy (non-hydrogen) atoms. The first-order valence-corrected chi connectivity index (χ1v) is 11.7. The number of benzene rings is 3. The Morgan fingerprint density at radius 3 is 2.39 bits per heavy atom. The van der Waals surface area contributed by atoms with E-state index in [1.165, 1.54) is 30.3 Å². The maximum absolute atomic E-state index is 13.0. The van der Waals surface area contributed by atoms with Gasteiger partial charge in [-0.2, -0.15) is 0 Å². The molecular weight excluding hydrogens is 446 g/mol. The minimum atomic E-state index is -3.97. The van der Waals surface area contributed by atoms with E-state index in [2.05, 4.69) is 5.32 Å². The minimum absolute atomic E-state index is 0.0491. The van der Waals surface area contributed by atoms with Crippen molar-refractivity contribution in [2.75, 3.05) is 5.32 Å². The van der Waals surface area contributed by atoms with Gasteiger partial charge in [0, 0.05) is 17.3 Å². The molecule has 8 nitrogen and oxygen atoms in total. The largest absolute Gasteiger partial charge is 0.507 e. The predicted molar refractivity (Wildman–Crippen MR) is 120 cm³/mol. The zero-order chi connectivity index (χ0) is 23.8. The van der Waals surface area contributed by atoms with Gasteiger partial charge >= 0.3 is 11.9 Å². The number of aromatic hydroxyl groups is 1. The summed E-state index contributed by atoms with van der Waals surface area (Å²) in [6.45, 7) is 1.76. The maximum atomic E-state index is 13.0. The number of carbonyl (C=O) groups is 2. The number of carboxylic acid groups (broad SMARTS) is 1.